The van der Waals surface area contributed by atoms with Crippen LogP contribution in [0.4, 0.5) is 0 Å². The Morgan fingerprint density at radius 3 is 3.14 bits per heavy atom. The third-order valence-electron chi connectivity index (χ3n) is 2.70. The Balaban J connectivity index is 2.38. The average Bonchev–Trinajstić information content (AvgIpc) is 2.27. The van der Waals surface area contributed by atoms with Crippen molar-refractivity contribution in [3.05, 3.63) is 29.3 Å². The highest BCUT2D eigenvalue weighted by molar-refractivity contribution is 7.98. The van der Waals surface area contributed by atoms with Gasteiger partial charge in [0.1, 0.15) is 0 Å². The molecule has 14 heavy (non-hydrogen) atoms. The largest absolute Gasteiger partial charge is 0.394 e. The first kappa shape index (κ1) is 10.0. The Bertz CT molecular complexity index is 327. The fourth-order valence-electron chi connectivity index (χ4n) is 1.91. The smallest absolute Gasteiger partial charge is 0.0626 e. The van der Waals surface area contributed by atoms with Crippen molar-refractivity contribution in [2.75, 3.05) is 19.4 Å². The van der Waals surface area contributed by atoms with Crippen molar-refractivity contribution in [3.63, 3.8) is 0 Å². The van der Waals surface area contributed by atoms with Gasteiger partial charge in [0, 0.05) is 4.90 Å². The van der Waals surface area contributed by atoms with Crippen LogP contribution in [0, 0.1) is 0 Å². The van der Waals surface area contributed by atoms with E-state index >= 15 is 0 Å². The molecule has 0 unspecified atom stereocenters. The minimum atomic E-state index is 0.130. The first-order chi connectivity index (χ1) is 6.85. The number of hydrogen-bond donors (Lipinski definition) is 2. The van der Waals surface area contributed by atoms with Crippen molar-refractivity contribution in [1.82, 2.24) is 5.32 Å². The molecular weight excluding hydrogens is 194 g/mol. The van der Waals surface area contributed by atoms with Gasteiger partial charge < -0.3 is 10.4 Å². The van der Waals surface area contributed by atoms with Gasteiger partial charge >= 0.3 is 0 Å². The second-order valence-electron chi connectivity index (χ2n) is 3.50. The molecule has 0 saturated heterocycles. The summed E-state index contributed by atoms with van der Waals surface area (Å²) in [5, 5.41) is 12.5. The molecule has 2 rings (SSSR count). The molecule has 0 fully saturated rings. The number of thioether (sulfide) groups is 1. The molecule has 1 aromatic carbocycles. The predicted octanol–water partition coefficient (Wildman–Crippen LogP) is 1.59. The SMILES string of the molecule is CSc1ccc2c(c1)[C@@H](CO)NCC2. The molecule has 0 radical (unpaired) electrons. The van der Waals surface area contributed by atoms with E-state index in [2.05, 4.69) is 29.8 Å². The van der Waals surface area contributed by atoms with E-state index in [1.165, 1.54) is 16.0 Å². The van der Waals surface area contributed by atoms with E-state index in [0.29, 0.717) is 0 Å². The van der Waals surface area contributed by atoms with E-state index in [4.69, 9.17) is 0 Å². The van der Waals surface area contributed by atoms with Crippen LogP contribution in [0.3, 0.4) is 0 Å². The lowest BCUT2D eigenvalue weighted by atomic mass is 9.95. The molecule has 0 spiro atoms. The zero-order valence-corrected chi connectivity index (χ0v) is 9.10. The zero-order valence-electron chi connectivity index (χ0n) is 8.29. The van der Waals surface area contributed by atoms with Gasteiger partial charge in [-0.3, -0.25) is 0 Å². The molecule has 2 nitrogen and oxygen atoms in total. The predicted molar refractivity (Wildman–Crippen MR) is 59.8 cm³/mol. The fourth-order valence-corrected chi connectivity index (χ4v) is 2.35. The molecule has 1 heterocycles. The lowest BCUT2D eigenvalue weighted by Gasteiger charge is -2.25. The Kier molecular flexibility index (Phi) is 3.11. The molecule has 1 aliphatic rings. The number of aliphatic hydroxyl groups is 1. The summed E-state index contributed by atoms with van der Waals surface area (Å²) in [6.45, 7) is 1.15. The molecular formula is C11H15NOS. The maximum atomic E-state index is 9.23. The van der Waals surface area contributed by atoms with Crippen LogP contribution in [-0.2, 0) is 6.42 Å². The van der Waals surface area contributed by atoms with Crippen LogP contribution in [0.25, 0.3) is 0 Å². The highest BCUT2D eigenvalue weighted by Crippen LogP contribution is 2.26. The maximum Gasteiger partial charge on any atom is 0.0626 e. The number of fused-ring (bicyclic) bond motifs is 1. The number of nitrogens with one attached hydrogen (secondary N) is 1. The standard InChI is InChI=1S/C11H15NOS/c1-14-9-3-2-8-4-5-12-11(7-13)10(8)6-9/h2-3,6,11-13H,4-5,7H2,1H3/t11-/m1/s1. The highest BCUT2D eigenvalue weighted by Gasteiger charge is 2.18. The third kappa shape index (κ3) is 1.80. The number of benzene rings is 1. The summed E-state index contributed by atoms with van der Waals surface area (Å²) in [5.41, 5.74) is 2.64. The summed E-state index contributed by atoms with van der Waals surface area (Å²) in [7, 11) is 0. The van der Waals surface area contributed by atoms with E-state index in [1.807, 2.05) is 0 Å². The molecule has 0 aromatic heterocycles. The monoisotopic (exact) mass is 209 g/mol. The van der Waals surface area contributed by atoms with Crippen LogP contribution >= 0.6 is 11.8 Å². The van der Waals surface area contributed by atoms with E-state index in [9.17, 15) is 5.11 Å². The Hall–Kier alpha value is -0.510. The van der Waals surface area contributed by atoms with Gasteiger partial charge in [0.15, 0.2) is 0 Å². The second kappa shape index (κ2) is 4.34. The third-order valence-corrected chi connectivity index (χ3v) is 3.42. The lowest BCUT2D eigenvalue weighted by molar-refractivity contribution is 0.240. The van der Waals surface area contributed by atoms with Gasteiger partial charge in [0.25, 0.3) is 0 Å². The van der Waals surface area contributed by atoms with E-state index in [0.717, 1.165) is 13.0 Å². The maximum absolute atomic E-state index is 9.23. The fraction of sp³-hybridized carbons (Fsp3) is 0.455. The highest BCUT2D eigenvalue weighted by atomic mass is 32.2. The van der Waals surface area contributed by atoms with Gasteiger partial charge in [-0.1, -0.05) is 6.07 Å². The van der Waals surface area contributed by atoms with Gasteiger partial charge in [-0.25, -0.2) is 0 Å². The molecule has 76 valence electrons. The Morgan fingerprint density at radius 2 is 2.43 bits per heavy atom. The molecule has 0 saturated carbocycles. The molecule has 0 bridgehead atoms. The Morgan fingerprint density at radius 1 is 1.57 bits per heavy atom. The lowest BCUT2D eigenvalue weighted by Crippen LogP contribution is -2.32. The van der Waals surface area contributed by atoms with E-state index < -0.39 is 0 Å². The molecule has 1 aromatic rings. The van der Waals surface area contributed by atoms with Crippen LogP contribution in [0.1, 0.15) is 17.2 Å². The molecule has 1 aliphatic heterocycles. The van der Waals surface area contributed by atoms with Crippen molar-refractivity contribution in [2.45, 2.75) is 17.4 Å². The van der Waals surface area contributed by atoms with Crippen LogP contribution in [-0.4, -0.2) is 24.5 Å². The van der Waals surface area contributed by atoms with Crippen LogP contribution in [0.15, 0.2) is 23.1 Å². The van der Waals surface area contributed by atoms with E-state index in [-0.39, 0.29) is 12.6 Å². The second-order valence-corrected chi connectivity index (χ2v) is 4.38. The van der Waals surface area contributed by atoms with E-state index in [1.54, 1.807) is 11.8 Å². The van der Waals surface area contributed by atoms with Gasteiger partial charge in [0.2, 0.25) is 0 Å². The summed E-state index contributed by atoms with van der Waals surface area (Å²) < 4.78 is 0. The summed E-state index contributed by atoms with van der Waals surface area (Å²) in [6.07, 6.45) is 3.15. The molecule has 2 N–H and O–H groups in total. The van der Waals surface area contributed by atoms with Gasteiger partial charge in [-0.2, -0.15) is 0 Å². The summed E-state index contributed by atoms with van der Waals surface area (Å²) >= 11 is 1.74. The summed E-state index contributed by atoms with van der Waals surface area (Å²) in [6, 6.07) is 6.66. The van der Waals surface area contributed by atoms with Gasteiger partial charge in [-0.15, -0.1) is 11.8 Å². The van der Waals surface area contributed by atoms with Gasteiger partial charge in [0.05, 0.1) is 12.6 Å². The minimum absolute atomic E-state index is 0.130. The molecule has 0 aliphatic carbocycles. The molecule has 3 heteroatoms. The van der Waals surface area contributed by atoms with Crippen molar-refractivity contribution >= 4 is 11.8 Å². The minimum Gasteiger partial charge on any atom is -0.394 e. The van der Waals surface area contributed by atoms with Crippen LogP contribution in [0.2, 0.25) is 0 Å². The summed E-state index contributed by atoms with van der Waals surface area (Å²) in [5.74, 6) is 0. The first-order valence-corrected chi connectivity index (χ1v) is 6.08. The number of hydrogen-bond acceptors (Lipinski definition) is 3. The van der Waals surface area contributed by atoms with Crippen molar-refractivity contribution in [3.8, 4) is 0 Å². The first-order valence-electron chi connectivity index (χ1n) is 4.86. The quantitative estimate of drug-likeness (QED) is 0.725. The molecule has 0 amide bonds. The number of rotatable bonds is 2. The zero-order chi connectivity index (χ0) is 9.97. The normalized spacial score (nSPS) is 20.6. The van der Waals surface area contributed by atoms with Crippen LogP contribution in [0.5, 0.6) is 0 Å². The topological polar surface area (TPSA) is 32.3 Å². The van der Waals surface area contributed by atoms with Crippen LogP contribution < -0.4 is 5.32 Å². The van der Waals surface area contributed by atoms with Crippen molar-refractivity contribution in [1.29, 1.82) is 0 Å². The Labute approximate surface area is 88.7 Å². The summed E-state index contributed by atoms with van der Waals surface area (Å²) in [4.78, 5) is 1.27. The number of aliphatic hydroxyl groups excluding tert-OH is 1. The molecule has 1 atom stereocenters. The average molecular weight is 209 g/mol. The van der Waals surface area contributed by atoms with Crippen molar-refractivity contribution < 1.29 is 5.11 Å². The van der Waals surface area contributed by atoms with Gasteiger partial charge in [-0.05, 0) is 42.5 Å². The van der Waals surface area contributed by atoms with Crippen molar-refractivity contribution in [2.24, 2.45) is 0 Å².